The zero-order valence-electron chi connectivity index (χ0n) is 10.3. The van der Waals surface area contributed by atoms with Crippen molar-refractivity contribution in [1.29, 1.82) is 0 Å². The number of alkyl halides is 3. The quantitative estimate of drug-likeness (QED) is 0.898. The van der Waals surface area contributed by atoms with Crippen LogP contribution in [0.1, 0.15) is 48.2 Å². The third kappa shape index (κ3) is 3.68. The molecule has 1 N–H and O–H groups in total. The average molecular weight is 272 g/mol. The summed E-state index contributed by atoms with van der Waals surface area (Å²) in [6.45, 7) is 0. The van der Waals surface area contributed by atoms with Crippen LogP contribution in [0.2, 0.25) is 0 Å². The first-order valence-corrected chi connectivity index (χ1v) is 6.31. The van der Waals surface area contributed by atoms with Crippen LogP contribution in [0.4, 0.5) is 13.2 Å². The number of halogens is 3. The van der Waals surface area contributed by atoms with E-state index in [0.717, 1.165) is 44.4 Å². The van der Waals surface area contributed by atoms with Crippen molar-refractivity contribution in [3.63, 3.8) is 0 Å². The minimum atomic E-state index is -4.53. The molecule has 1 saturated carbocycles. The second kappa shape index (κ2) is 5.59. The molecule has 0 saturated heterocycles. The number of hydrogen-bond donors (Lipinski definition) is 1. The second-order valence-corrected chi connectivity index (χ2v) is 4.74. The van der Waals surface area contributed by atoms with E-state index in [9.17, 15) is 18.0 Å². The number of pyridine rings is 1. The summed E-state index contributed by atoms with van der Waals surface area (Å²) in [5.74, 6) is -0.459. The van der Waals surface area contributed by atoms with Crippen LogP contribution < -0.4 is 5.32 Å². The van der Waals surface area contributed by atoms with E-state index in [1.165, 1.54) is 6.07 Å². The van der Waals surface area contributed by atoms with Crippen molar-refractivity contribution < 1.29 is 18.0 Å². The smallest absolute Gasteiger partial charge is 0.349 e. The fourth-order valence-electron chi connectivity index (χ4n) is 2.24. The average Bonchev–Trinajstić information content (AvgIpc) is 2.39. The van der Waals surface area contributed by atoms with Crippen molar-refractivity contribution in [1.82, 2.24) is 10.3 Å². The van der Waals surface area contributed by atoms with Gasteiger partial charge in [0.1, 0.15) is 5.69 Å². The molecular formula is C13H15F3N2O. The lowest BCUT2D eigenvalue weighted by molar-refractivity contribution is -0.141. The summed E-state index contributed by atoms with van der Waals surface area (Å²) < 4.78 is 37.5. The Morgan fingerprint density at radius 3 is 2.58 bits per heavy atom. The van der Waals surface area contributed by atoms with Gasteiger partial charge in [-0.3, -0.25) is 9.78 Å². The number of nitrogens with zero attached hydrogens (tertiary/aromatic N) is 1. The molecule has 2 rings (SSSR count). The third-order valence-corrected chi connectivity index (χ3v) is 3.25. The van der Waals surface area contributed by atoms with E-state index in [1.807, 2.05) is 0 Å². The number of rotatable bonds is 2. The van der Waals surface area contributed by atoms with Gasteiger partial charge in [-0.25, -0.2) is 0 Å². The van der Waals surface area contributed by atoms with E-state index in [2.05, 4.69) is 10.3 Å². The Hall–Kier alpha value is -1.59. The number of hydrogen-bond acceptors (Lipinski definition) is 2. The summed E-state index contributed by atoms with van der Waals surface area (Å²) in [6, 6.07) is 2.16. The summed E-state index contributed by atoms with van der Waals surface area (Å²) in [5.41, 5.74) is -1.03. The van der Waals surface area contributed by atoms with Crippen molar-refractivity contribution in [2.24, 2.45) is 0 Å². The molecule has 3 nitrogen and oxygen atoms in total. The summed E-state index contributed by atoms with van der Waals surface area (Å²) in [4.78, 5) is 15.1. The Bertz CT molecular complexity index is 453. The Morgan fingerprint density at radius 1 is 1.26 bits per heavy atom. The van der Waals surface area contributed by atoms with Gasteiger partial charge in [-0.2, -0.15) is 13.2 Å². The van der Waals surface area contributed by atoms with Gasteiger partial charge in [0.15, 0.2) is 0 Å². The Kier molecular flexibility index (Phi) is 4.07. The fraction of sp³-hybridized carbons (Fsp3) is 0.538. The largest absolute Gasteiger partial charge is 0.433 e. The predicted molar refractivity (Wildman–Crippen MR) is 63.6 cm³/mol. The van der Waals surface area contributed by atoms with Gasteiger partial charge in [-0.05, 0) is 25.0 Å². The minimum Gasteiger partial charge on any atom is -0.349 e. The molecular weight excluding hydrogens is 257 g/mol. The van der Waals surface area contributed by atoms with E-state index in [4.69, 9.17) is 0 Å². The van der Waals surface area contributed by atoms with Gasteiger partial charge < -0.3 is 5.32 Å². The second-order valence-electron chi connectivity index (χ2n) is 4.74. The molecule has 0 bridgehead atoms. The highest BCUT2D eigenvalue weighted by Crippen LogP contribution is 2.27. The normalized spacial score (nSPS) is 17.2. The van der Waals surface area contributed by atoms with Gasteiger partial charge >= 0.3 is 6.18 Å². The molecule has 104 valence electrons. The van der Waals surface area contributed by atoms with E-state index < -0.39 is 17.8 Å². The van der Waals surface area contributed by atoms with Gasteiger partial charge in [-0.15, -0.1) is 0 Å². The molecule has 1 aromatic heterocycles. The van der Waals surface area contributed by atoms with Crippen LogP contribution in [0.5, 0.6) is 0 Å². The predicted octanol–water partition coefficient (Wildman–Crippen LogP) is 3.16. The van der Waals surface area contributed by atoms with E-state index in [0.29, 0.717) is 0 Å². The first-order valence-electron chi connectivity index (χ1n) is 6.31. The molecule has 0 unspecified atom stereocenters. The molecule has 19 heavy (non-hydrogen) atoms. The number of carbonyl (C=O) groups excluding carboxylic acids is 1. The highest BCUT2D eigenvalue weighted by Gasteiger charge is 2.33. The zero-order valence-corrected chi connectivity index (χ0v) is 10.3. The monoisotopic (exact) mass is 272 g/mol. The van der Waals surface area contributed by atoms with E-state index in [1.54, 1.807) is 0 Å². The van der Waals surface area contributed by atoms with Crippen LogP contribution in [0, 0.1) is 0 Å². The van der Waals surface area contributed by atoms with Crippen LogP contribution >= 0.6 is 0 Å². The van der Waals surface area contributed by atoms with Crippen molar-refractivity contribution in [2.75, 3.05) is 0 Å². The molecule has 1 aliphatic carbocycles. The molecule has 0 spiro atoms. The Morgan fingerprint density at radius 2 is 1.95 bits per heavy atom. The van der Waals surface area contributed by atoms with E-state index >= 15 is 0 Å². The topological polar surface area (TPSA) is 42.0 Å². The molecule has 0 atom stereocenters. The van der Waals surface area contributed by atoms with Crippen LogP contribution in [0.3, 0.4) is 0 Å². The Labute approximate surface area is 109 Å². The van der Waals surface area contributed by atoms with Crippen molar-refractivity contribution in [3.05, 3.63) is 29.6 Å². The molecule has 1 aromatic rings. The van der Waals surface area contributed by atoms with Crippen molar-refractivity contribution in [2.45, 2.75) is 44.3 Å². The Balaban J connectivity index is 2.06. The number of nitrogens with one attached hydrogen (secondary N) is 1. The minimum absolute atomic E-state index is 0.00731. The summed E-state index contributed by atoms with van der Waals surface area (Å²) in [5, 5.41) is 2.78. The van der Waals surface area contributed by atoms with Gasteiger partial charge in [0.05, 0.1) is 0 Å². The summed E-state index contributed by atoms with van der Waals surface area (Å²) >= 11 is 0. The van der Waals surface area contributed by atoms with Gasteiger partial charge in [0.25, 0.3) is 5.91 Å². The molecule has 0 radical (unpaired) electrons. The first-order chi connectivity index (χ1) is 8.97. The number of carbonyl (C=O) groups is 1. The number of amides is 1. The lowest BCUT2D eigenvalue weighted by Gasteiger charge is -2.22. The molecule has 6 heteroatoms. The highest BCUT2D eigenvalue weighted by molar-refractivity contribution is 5.94. The molecule has 0 aliphatic heterocycles. The number of aromatic nitrogens is 1. The van der Waals surface area contributed by atoms with Crippen LogP contribution in [-0.2, 0) is 6.18 Å². The standard InChI is InChI=1S/C13H15F3N2O/c14-13(15,16)11-8-9(6-7-17-11)12(19)18-10-4-2-1-3-5-10/h6-8,10H,1-5H2,(H,18,19). The van der Waals surface area contributed by atoms with Gasteiger partial charge in [0.2, 0.25) is 0 Å². The zero-order chi connectivity index (χ0) is 13.9. The molecule has 1 fully saturated rings. The SMILES string of the molecule is O=C(NC1CCCCC1)c1ccnc(C(F)(F)F)c1. The maximum Gasteiger partial charge on any atom is 0.433 e. The molecule has 1 aliphatic rings. The summed E-state index contributed by atoms with van der Waals surface area (Å²) in [6.07, 6.45) is 1.52. The van der Waals surface area contributed by atoms with Crippen LogP contribution in [-0.4, -0.2) is 16.9 Å². The fourth-order valence-corrected chi connectivity index (χ4v) is 2.24. The van der Waals surface area contributed by atoms with Crippen LogP contribution in [0.15, 0.2) is 18.3 Å². The summed E-state index contributed by atoms with van der Waals surface area (Å²) in [7, 11) is 0. The van der Waals surface area contributed by atoms with Gasteiger partial charge in [0, 0.05) is 17.8 Å². The van der Waals surface area contributed by atoms with Gasteiger partial charge in [-0.1, -0.05) is 19.3 Å². The molecule has 1 heterocycles. The lowest BCUT2D eigenvalue weighted by Crippen LogP contribution is -2.36. The highest BCUT2D eigenvalue weighted by atomic mass is 19.4. The first kappa shape index (κ1) is 13.8. The van der Waals surface area contributed by atoms with Crippen molar-refractivity contribution in [3.8, 4) is 0 Å². The maximum absolute atomic E-state index is 12.5. The third-order valence-electron chi connectivity index (χ3n) is 3.25. The van der Waals surface area contributed by atoms with E-state index in [-0.39, 0.29) is 11.6 Å². The molecule has 0 aromatic carbocycles. The van der Waals surface area contributed by atoms with Crippen LogP contribution in [0.25, 0.3) is 0 Å². The molecule has 1 amide bonds. The maximum atomic E-state index is 12.5. The van der Waals surface area contributed by atoms with Crippen molar-refractivity contribution >= 4 is 5.91 Å². The lowest BCUT2D eigenvalue weighted by atomic mass is 9.95.